The van der Waals surface area contributed by atoms with E-state index in [1.807, 2.05) is 0 Å². The van der Waals surface area contributed by atoms with Crippen LogP contribution in [0.25, 0.3) is 0 Å². The van der Waals surface area contributed by atoms with Gasteiger partial charge in [0.2, 0.25) is 21.8 Å². The largest absolute Gasteiger partial charge is 0.379 e. The third kappa shape index (κ3) is 8.87. The lowest BCUT2D eigenvalue weighted by atomic mass is 10.1. The number of halogens is 1. The van der Waals surface area contributed by atoms with Crippen LogP contribution in [0.15, 0.2) is 53.4 Å². The minimum absolute atomic E-state index is 0.131. The van der Waals surface area contributed by atoms with Gasteiger partial charge in [-0.1, -0.05) is 31.2 Å². The normalized spacial score (nSPS) is 15.1. The number of carbonyl (C=O) groups is 2. The van der Waals surface area contributed by atoms with Crippen molar-refractivity contribution in [3.05, 3.63) is 65.5 Å². The lowest BCUT2D eigenvalue weighted by molar-refractivity contribution is -0.140. The summed E-state index contributed by atoms with van der Waals surface area (Å²) in [7, 11) is -3.55. The number of benzene rings is 2. The maximum atomic E-state index is 13.4. The summed E-state index contributed by atoms with van der Waals surface area (Å²) >= 11 is 0. The predicted molar refractivity (Wildman–Crippen MR) is 142 cm³/mol. The number of sulfonamides is 1. The Morgan fingerprint density at radius 3 is 2.32 bits per heavy atom. The number of nitrogens with one attached hydrogen (secondary N) is 2. The summed E-state index contributed by atoms with van der Waals surface area (Å²) in [6, 6.07) is 11.5. The van der Waals surface area contributed by atoms with Crippen molar-refractivity contribution in [3.8, 4) is 0 Å². The first-order valence-electron chi connectivity index (χ1n) is 12.9. The summed E-state index contributed by atoms with van der Waals surface area (Å²) in [5, 5.41) is 2.93. The van der Waals surface area contributed by atoms with Crippen LogP contribution in [0.3, 0.4) is 0 Å². The minimum atomic E-state index is -3.55. The molecule has 11 heteroatoms. The number of ether oxygens (including phenoxy) is 1. The molecule has 2 aromatic rings. The van der Waals surface area contributed by atoms with Gasteiger partial charge in [-0.15, -0.1) is 0 Å². The van der Waals surface area contributed by atoms with E-state index in [4.69, 9.17) is 4.74 Å². The van der Waals surface area contributed by atoms with Gasteiger partial charge >= 0.3 is 0 Å². The molecule has 2 N–H and O–H groups in total. The molecule has 1 saturated heterocycles. The third-order valence-corrected chi connectivity index (χ3v) is 8.02. The van der Waals surface area contributed by atoms with Gasteiger partial charge in [0.25, 0.3) is 0 Å². The van der Waals surface area contributed by atoms with E-state index in [9.17, 15) is 22.4 Å². The van der Waals surface area contributed by atoms with Crippen molar-refractivity contribution in [1.29, 1.82) is 0 Å². The maximum Gasteiger partial charge on any atom is 0.242 e. The highest BCUT2D eigenvalue weighted by Gasteiger charge is 2.26. The van der Waals surface area contributed by atoms with Gasteiger partial charge < -0.3 is 15.0 Å². The first-order valence-corrected chi connectivity index (χ1v) is 14.4. The third-order valence-electron chi connectivity index (χ3n) is 6.46. The number of rotatable bonds is 13. The Morgan fingerprint density at radius 1 is 1.05 bits per heavy atom. The van der Waals surface area contributed by atoms with Crippen molar-refractivity contribution >= 4 is 21.8 Å². The summed E-state index contributed by atoms with van der Waals surface area (Å²) in [6.45, 7) is 8.02. The smallest absolute Gasteiger partial charge is 0.242 e. The van der Waals surface area contributed by atoms with E-state index in [1.165, 1.54) is 29.2 Å². The predicted octanol–water partition coefficient (Wildman–Crippen LogP) is 1.92. The second-order valence-electron chi connectivity index (χ2n) is 9.21. The number of nitrogens with zero attached hydrogens (tertiary/aromatic N) is 2. The average molecular weight is 549 g/mol. The molecular formula is C27H37FN4O5S. The zero-order valence-electron chi connectivity index (χ0n) is 22.0. The molecule has 0 radical (unpaired) electrons. The van der Waals surface area contributed by atoms with E-state index in [2.05, 4.69) is 14.9 Å². The number of morpholine rings is 1. The second kappa shape index (κ2) is 14.3. The number of hydrogen-bond acceptors (Lipinski definition) is 6. The van der Waals surface area contributed by atoms with Gasteiger partial charge in [0.15, 0.2) is 0 Å². The fraction of sp³-hybridized carbons (Fsp3) is 0.481. The Balaban J connectivity index is 1.63. The molecule has 1 aliphatic rings. The van der Waals surface area contributed by atoms with Crippen LogP contribution >= 0.6 is 0 Å². The first kappa shape index (κ1) is 29.7. The van der Waals surface area contributed by atoms with Crippen molar-refractivity contribution in [2.45, 2.75) is 44.2 Å². The van der Waals surface area contributed by atoms with Crippen molar-refractivity contribution in [2.75, 3.05) is 45.9 Å². The Kier molecular flexibility index (Phi) is 11.2. The number of aryl methyl sites for hydroxylation is 1. The molecule has 0 aliphatic carbocycles. The number of hydrogen-bond donors (Lipinski definition) is 2. The Hall–Kier alpha value is -2.86. The van der Waals surface area contributed by atoms with Gasteiger partial charge in [-0.2, -0.15) is 0 Å². The van der Waals surface area contributed by atoms with Gasteiger partial charge in [0.1, 0.15) is 11.9 Å². The number of amides is 2. The Morgan fingerprint density at radius 2 is 1.68 bits per heavy atom. The molecule has 38 heavy (non-hydrogen) atoms. The van der Waals surface area contributed by atoms with E-state index < -0.39 is 16.1 Å². The molecule has 0 saturated carbocycles. The van der Waals surface area contributed by atoms with Crippen LogP contribution in [-0.2, 0) is 37.3 Å². The quantitative estimate of drug-likeness (QED) is 0.396. The second-order valence-corrected chi connectivity index (χ2v) is 11.0. The van der Waals surface area contributed by atoms with Crippen molar-refractivity contribution in [3.63, 3.8) is 0 Å². The zero-order valence-corrected chi connectivity index (χ0v) is 22.8. The molecule has 1 fully saturated rings. The SMILES string of the molecule is CCNS(=O)(=O)c1ccc(CCC(=O)N(Cc2ccc(F)cc2)C(C)C(=O)NCCN2CCOCC2)cc1. The van der Waals surface area contributed by atoms with Crippen LogP contribution in [0.5, 0.6) is 0 Å². The molecule has 9 nitrogen and oxygen atoms in total. The molecule has 0 aromatic heterocycles. The molecule has 0 spiro atoms. The van der Waals surface area contributed by atoms with Crippen LogP contribution in [-0.4, -0.2) is 82.0 Å². The zero-order chi connectivity index (χ0) is 27.5. The summed E-state index contributed by atoms with van der Waals surface area (Å²) in [6.07, 6.45) is 0.511. The first-order chi connectivity index (χ1) is 18.2. The highest BCUT2D eigenvalue weighted by molar-refractivity contribution is 7.89. The van der Waals surface area contributed by atoms with Crippen molar-refractivity contribution < 1.29 is 27.1 Å². The van der Waals surface area contributed by atoms with Gasteiger partial charge in [-0.05, 0) is 48.7 Å². The van der Waals surface area contributed by atoms with Crippen LogP contribution in [0.2, 0.25) is 0 Å². The molecule has 208 valence electrons. The Bertz CT molecular complexity index is 1150. The van der Waals surface area contributed by atoms with Crippen molar-refractivity contribution in [2.24, 2.45) is 0 Å². The molecule has 1 aliphatic heterocycles. The standard InChI is InChI=1S/C27H37FN4O5S/c1-3-30-38(35,36)25-11-6-22(7-12-25)8-13-26(33)32(20-23-4-9-24(28)10-5-23)21(2)27(34)29-14-15-31-16-18-37-19-17-31/h4-7,9-12,21,30H,3,8,13-20H2,1-2H3,(H,29,34). The van der Waals surface area contributed by atoms with Crippen LogP contribution in [0.1, 0.15) is 31.4 Å². The monoisotopic (exact) mass is 548 g/mol. The molecular weight excluding hydrogens is 511 g/mol. The molecule has 3 rings (SSSR count). The van der Waals surface area contributed by atoms with E-state index in [0.29, 0.717) is 44.8 Å². The lowest BCUT2D eigenvalue weighted by Gasteiger charge is -2.30. The van der Waals surface area contributed by atoms with Crippen LogP contribution in [0.4, 0.5) is 4.39 Å². The van der Waals surface area contributed by atoms with Crippen LogP contribution in [0, 0.1) is 5.82 Å². The summed E-state index contributed by atoms with van der Waals surface area (Å²) in [4.78, 5) is 30.1. The summed E-state index contributed by atoms with van der Waals surface area (Å²) < 4.78 is 45.5. The summed E-state index contributed by atoms with van der Waals surface area (Å²) in [5.74, 6) is -0.860. The molecule has 1 atom stereocenters. The lowest BCUT2D eigenvalue weighted by Crippen LogP contribution is -2.49. The van der Waals surface area contributed by atoms with Gasteiger partial charge in [0.05, 0.1) is 18.1 Å². The molecule has 0 bridgehead atoms. The Labute approximate surface area is 224 Å². The average Bonchev–Trinajstić information content (AvgIpc) is 2.91. The van der Waals surface area contributed by atoms with Gasteiger partial charge in [0, 0.05) is 45.7 Å². The number of carbonyl (C=O) groups excluding carboxylic acids is 2. The molecule has 1 unspecified atom stereocenters. The van der Waals surface area contributed by atoms with E-state index in [1.54, 1.807) is 38.1 Å². The van der Waals surface area contributed by atoms with Gasteiger partial charge in [-0.3, -0.25) is 14.5 Å². The van der Waals surface area contributed by atoms with Crippen molar-refractivity contribution in [1.82, 2.24) is 19.8 Å². The maximum absolute atomic E-state index is 13.4. The minimum Gasteiger partial charge on any atom is -0.379 e. The van der Waals surface area contributed by atoms with E-state index in [0.717, 1.165) is 18.7 Å². The van der Waals surface area contributed by atoms with E-state index >= 15 is 0 Å². The van der Waals surface area contributed by atoms with Gasteiger partial charge in [-0.25, -0.2) is 17.5 Å². The summed E-state index contributed by atoms with van der Waals surface area (Å²) in [5.41, 5.74) is 1.52. The van der Waals surface area contributed by atoms with E-state index in [-0.39, 0.29) is 35.5 Å². The highest BCUT2D eigenvalue weighted by atomic mass is 32.2. The fourth-order valence-electron chi connectivity index (χ4n) is 4.18. The molecule has 1 heterocycles. The topological polar surface area (TPSA) is 108 Å². The molecule has 2 amide bonds. The highest BCUT2D eigenvalue weighted by Crippen LogP contribution is 2.15. The van der Waals surface area contributed by atoms with Crippen LogP contribution < -0.4 is 10.0 Å². The fourth-order valence-corrected chi connectivity index (χ4v) is 5.22. The molecule has 2 aromatic carbocycles.